The first-order valence-corrected chi connectivity index (χ1v) is 7.70. The summed E-state index contributed by atoms with van der Waals surface area (Å²) in [6.45, 7) is 0. The molecule has 0 radical (unpaired) electrons. The summed E-state index contributed by atoms with van der Waals surface area (Å²) >= 11 is 0. The van der Waals surface area contributed by atoms with Crippen molar-refractivity contribution in [3.8, 4) is 5.75 Å². The van der Waals surface area contributed by atoms with Crippen LogP contribution >= 0.6 is 0 Å². The Labute approximate surface area is 111 Å². The molecule has 2 aliphatic rings. The van der Waals surface area contributed by atoms with Crippen molar-refractivity contribution in [2.75, 3.05) is 5.73 Å². The number of hydrogen-bond acceptors (Lipinski definition) is 5. The van der Waals surface area contributed by atoms with Gasteiger partial charge in [0.15, 0.2) is 0 Å². The minimum absolute atomic E-state index is 0.0192. The van der Waals surface area contributed by atoms with Gasteiger partial charge >= 0.3 is 0 Å². The van der Waals surface area contributed by atoms with Gasteiger partial charge in [-0.15, -0.1) is 0 Å². The lowest BCUT2D eigenvalue weighted by Crippen LogP contribution is -2.41. The monoisotopic (exact) mass is 284 g/mol. The quantitative estimate of drug-likeness (QED) is 0.556. The summed E-state index contributed by atoms with van der Waals surface area (Å²) in [6.07, 6.45) is 2.79. The van der Waals surface area contributed by atoms with Crippen LogP contribution in [0.15, 0.2) is 23.1 Å². The molecule has 3 unspecified atom stereocenters. The summed E-state index contributed by atoms with van der Waals surface area (Å²) in [4.78, 5) is 0.0607. The normalized spacial score (nSPS) is 29.8. The first-order valence-electron chi connectivity index (χ1n) is 6.22. The Morgan fingerprint density at radius 2 is 2.16 bits per heavy atom. The van der Waals surface area contributed by atoms with Gasteiger partial charge in [0.2, 0.25) is 10.0 Å². The van der Waals surface area contributed by atoms with Gasteiger partial charge in [0.25, 0.3) is 0 Å². The second-order valence-corrected chi connectivity index (χ2v) is 6.77. The number of hydrogen-bond donors (Lipinski definition) is 3. The average molecular weight is 284 g/mol. The number of sulfonamides is 1. The number of fused-ring (bicyclic) bond motifs is 2. The fourth-order valence-electron chi connectivity index (χ4n) is 2.73. The highest BCUT2D eigenvalue weighted by Crippen LogP contribution is 2.35. The van der Waals surface area contributed by atoms with E-state index in [1.54, 1.807) is 0 Å². The third-order valence-electron chi connectivity index (χ3n) is 3.72. The summed E-state index contributed by atoms with van der Waals surface area (Å²) in [6, 6.07) is 3.70. The van der Waals surface area contributed by atoms with E-state index in [0.29, 0.717) is 0 Å². The zero-order valence-electron chi connectivity index (χ0n) is 10.2. The number of nitrogens with two attached hydrogens (primary N) is 1. The zero-order valence-corrected chi connectivity index (χ0v) is 11.1. The van der Waals surface area contributed by atoms with Crippen molar-refractivity contribution in [2.45, 2.75) is 42.4 Å². The summed E-state index contributed by atoms with van der Waals surface area (Å²) in [7, 11) is -3.63. The SMILES string of the molecule is Nc1cc(S(=O)(=O)NC2CC3CCC2O3)ccc1O. The largest absolute Gasteiger partial charge is 0.506 e. The van der Waals surface area contributed by atoms with Crippen LogP contribution in [0.3, 0.4) is 0 Å². The molecule has 0 aromatic heterocycles. The zero-order chi connectivity index (χ0) is 13.6. The summed E-state index contributed by atoms with van der Waals surface area (Å²) in [5.41, 5.74) is 5.57. The van der Waals surface area contributed by atoms with Gasteiger partial charge in [-0.05, 0) is 37.5 Å². The van der Waals surface area contributed by atoms with Gasteiger partial charge in [-0.25, -0.2) is 13.1 Å². The molecular formula is C12H16N2O4S. The molecule has 0 amide bonds. The number of nitrogens with one attached hydrogen (secondary N) is 1. The lowest BCUT2D eigenvalue weighted by Gasteiger charge is -2.20. The van der Waals surface area contributed by atoms with Gasteiger partial charge in [0.1, 0.15) is 5.75 Å². The number of rotatable bonds is 3. The molecule has 3 atom stereocenters. The van der Waals surface area contributed by atoms with Gasteiger partial charge in [-0.2, -0.15) is 0 Å². The summed E-state index contributed by atoms with van der Waals surface area (Å²) in [5, 5.41) is 9.32. The summed E-state index contributed by atoms with van der Waals surface area (Å²) < 4.78 is 32.7. The van der Waals surface area contributed by atoms with E-state index in [-0.39, 0.29) is 34.6 Å². The maximum absolute atomic E-state index is 12.2. The summed E-state index contributed by atoms with van der Waals surface area (Å²) in [5.74, 6) is -0.123. The number of phenolic OH excluding ortho intramolecular Hbond substituents is 1. The van der Waals surface area contributed by atoms with Crippen LogP contribution in [-0.4, -0.2) is 31.8 Å². The third-order valence-corrected chi connectivity index (χ3v) is 5.21. The molecule has 2 heterocycles. The molecule has 0 spiro atoms. The maximum atomic E-state index is 12.2. The van der Waals surface area contributed by atoms with E-state index in [2.05, 4.69) is 4.72 Å². The molecule has 2 fully saturated rings. The fourth-order valence-corrected chi connectivity index (χ4v) is 4.04. The molecule has 1 aromatic carbocycles. The van der Waals surface area contributed by atoms with Crippen LogP contribution in [0.5, 0.6) is 5.75 Å². The maximum Gasteiger partial charge on any atom is 0.240 e. The Hall–Kier alpha value is -1.31. The Morgan fingerprint density at radius 3 is 2.74 bits per heavy atom. The molecule has 2 bridgehead atoms. The van der Waals surface area contributed by atoms with E-state index in [1.165, 1.54) is 18.2 Å². The van der Waals surface area contributed by atoms with Crippen molar-refractivity contribution in [3.63, 3.8) is 0 Å². The molecular weight excluding hydrogens is 268 g/mol. The van der Waals surface area contributed by atoms with Gasteiger partial charge in [0.05, 0.1) is 28.8 Å². The first kappa shape index (κ1) is 12.7. The molecule has 1 aromatic rings. The Balaban J connectivity index is 1.80. The Bertz CT molecular complexity index is 602. The van der Waals surface area contributed by atoms with Gasteiger partial charge < -0.3 is 15.6 Å². The van der Waals surface area contributed by atoms with E-state index >= 15 is 0 Å². The minimum Gasteiger partial charge on any atom is -0.506 e. The smallest absolute Gasteiger partial charge is 0.240 e. The van der Waals surface area contributed by atoms with Crippen LogP contribution in [0, 0.1) is 0 Å². The van der Waals surface area contributed by atoms with Gasteiger partial charge in [-0.3, -0.25) is 0 Å². The van der Waals surface area contributed by atoms with Crippen molar-refractivity contribution in [3.05, 3.63) is 18.2 Å². The third kappa shape index (κ3) is 2.29. The molecule has 7 heteroatoms. The van der Waals surface area contributed by atoms with Crippen molar-refractivity contribution in [2.24, 2.45) is 0 Å². The van der Waals surface area contributed by atoms with Crippen LogP contribution in [0.25, 0.3) is 0 Å². The van der Waals surface area contributed by atoms with Crippen molar-refractivity contribution >= 4 is 15.7 Å². The van der Waals surface area contributed by atoms with Crippen molar-refractivity contribution in [1.82, 2.24) is 4.72 Å². The topological polar surface area (TPSA) is 102 Å². The minimum atomic E-state index is -3.63. The number of nitrogen functional groups attached to an aromatic ring is 1. The molecule has 104 valence electrons. The van der Waals surface area contributed by atoms with E-state index in [9.17, 15) is 13.5 Å². The number of benzene rings is 1. The Kier molecular flexibility index (Phi) is 2.92. The number of aromatic hydroxyl groups is 1. The predicted octanol–water partition coefficient (Wildman–Crippen LogP) is 0.573. The first-order chi connectivity index (χ1) is 8.95. The second kappa shape index (κ2) is 4.36. The van der Waals surface area contributed by atoms with Gasteiger partial charge in [-0.1, -0.05) is 0 Å². The molecule has 0 aliphatic carbocycles. The molecule has 0 saturated carbocycles. The van der Waals surface area contributed by atoms with Crippen LogP contribution < -0.4 is 10.5 Å². The lowest BCUT2D eigenvalue weighted by atomic mass is 9.96. The average Bonchev–Trinajstić information content (AvgIpc) is 2.94. The van der Waals surface area contributed by atoms with Crippen LogP contribution in [0.1, 0.15) is 19.3 Å². The van der Waals surface area contributed by atoms with Crippen LogP contribution in [0.2, 0.25) is 0 Å². The van der Waals surface area contributed by atoms with E-state index in [0.717, 1.165) is 19.3 Å². The van der Waals surface area contributed by atoms with Gasteiger partial charge in [0, 0.05) is 0 Å². The molecule has 19 heavy (non-hydrogen) atoms. The van der Waals surface area contributed by atoms with E-state index in [4.69, 9.17) is 10.5 Å². The highest BCUT2D eigenvalue weighted by atomic mass is 32.2. The highest BCUT2D eigenvalue weighted by Gasteiger charge is 2.42. The Morgan fingerprint density at radius 1 is 1.37 bits per heavy atom. The molecule has 2 aliphatic heterocycles. The van der Waals surface area contributed by atoms with Crippen LogP contribution in [0.4, 0.5) is 5.69 Å². The van der Waals surface area contributed by atoms with Crippen molar-refractivity contribution < 1.29 is 18.3 Å². The molecule has 2 saturated heterocycles. The number of phenols is 1. The molecule has 4 N–H and O–H groups in total. The fraction of sp³-hybridized carbons (Fsp3) is 0.500. The molecule has 3 rings (SSSR count). The van der Waals surface area contributed by atoms with E-state index in [1.807, 2.05) is 0 Å². The lowest BCUT2D eigenvalue weighted by molar-refractivity contribution is 0.0996. The van der Waals surface area contributed by atoms with Crippen LogP contribution in [-0.2, 0) is 14.8 Å². The second-order valence-electron chi connectivity index (χ2n) is 5.06. The number of ether oxygens (including phenoxy) is 1. The van der Waals surface area contributed by atoms with E-state index < -0.39 is 10.0 Å². The predicted molar refractivity (Wildman–Crippen MR) is 69.1 cm³/mol. The highest BCUT2D eigenvalue weighted by molar-refractivity contribution is 7.89. The molecule has 6 nitrogen and oxygen atoms in total. The van der Waals surface area contributed by atoms with Crippen molar-refractivity contribution in [1.29, 1.82) is 0 Å². The number of anilines is 1. The standard InChI is InChI=1S/C12H16N2O4S/c13-9-6-8(2-3-11(9)15)19(16,17)14-10-5-7-1-4-12(10)18-7/h2-3,6-7,10,12,14-15H,1,4-5,13H2.